The van der Waals surface area contributed by atoms with E-state index in [1.54, 1.807) is 36.1 Å². The third-order valence-electron chi connectivity index (χ3n) is 3.96. The number of nitrogens with one attached hydrogen (secondary N) is 2. The van der Waals surface area contributed by atoms with Crippen molar-refractivity contribution in [1.82, 2.24) is 4.98 Å². The van der Waals surface area contributed by atoms with Gasteiger partial charge in [-0.05, 0) is 30.7 Å². The molecule has 136 valence electrons. The normalized spacial score (nSPS) is 13.7. The highest BCUT2D eigenvalue weighted by Crippen LogP contribution is 2.25. The molecule has 1 aliphatic heterocycles. The molecule has 2 heterocycles. The van der Waals surface area contributed by atoms with E-state index in [9.17, 15) is 14.4 Å². The molecule has 2 aromatic rings. The molecule has 2 N–H and O–H groups in total. The molecule has 0 atom stereocenters. The second-order valence-corrected chi connectivity index (χ2v) is 6.81. The van der Waals surface area contributed by atoms with E-state index in [1.807, 2.05) is 5.38 Å². The van der Waals surface area contributed by atoms with Gasteiger partial charge in [0.1, 0.15) is 0 Å². The van der Waals surface area contributed by atoms with E-state index >= 15 is 0 Å². The maximum Gasteiger partial charge on any atom is 0.230 e. The van der Waals surface area contributed by atoms with Gasteiger partial charge >= 0.3 is 0 Å². The van der Waals surface area contributed by atoms with E-state index < -0.39 is 0 Å². The molecule has 1 aromatic carbocycles. The third-order valence-corrected chi connectivity index (χ3v) is 4.87. The van der Waals surface area contributed by atoms with Crippen LogP contribution in [0.1, 0.15) is 31.9 Å². The van der Waals surface area contributed by atoms with E-state index in [0.717, 1.165) is 6.42 Å². The molecule has 3 rings (SSSR count). The summed E-state index contributed by atoms with van der Waals surface area (Å²) in [6.45, 7) is 2.48. The molecule has 0 unspecified atom stereocenters. The number of thiazole rings is 1. The van der Waals surface area contributed by atoms with Crippen molar-refractivity contribution in [2.45, 2.75) is 32.6 Å². The summed E-state index contributed by atoms with van der Waals surface area (Å²) in [5.74, 6) is -0.150. The molecule has 1 aromatic heterocycles. The standard InChI is InChI=1S/C18H20N4O3S/c1-2-15(23)19-12-5-7-13(8-6-12)20-16(24)10-14-11-26-18(21-14)22-9-3-4-17(22)25/h5-8,11H,2-4,9-10H2,1H3,(H,19,23)(H,20,24). The van der Waals surface area contributed by atoms with Gasteiger partial charge in [0.2, 0.25) is 17.7 Å². The van der Waals surface area contributed by atoms with Crippen LogP contribution in [-0.2, 0) is 20.8 Å². The summed E-state index contributed by atoms with van der Waals surface area (Å²) in [5.41, 5.74) is 1.98. The Hall–Kier alpha value is -2.74. The predicted octanol–water partition coefficient (Wildman–Crippen LogP) is 2.80. The predicted molar refractivity (Wildman–Crippen MR) is 101 cm³/mol. The van der Waals surface area contributed by atoms with Gasteiger partial charge in [0.25, 0.3) is 0 Å². The largest absolute Gasteiger partial charge is 0.326 e. The lowest BCUT2D eigenvalue weighted by Gasteiger charge is -2.10. The zero-order chi connectivity index (χ0) is 18.5. The first kappa shape index (κ1) is 18.1. The van der Waals surface area contributed by atoms with E-state index in [1.165, 1.54) is 11.3 Å². The molecule has 1 aliphatic rings. The number of benzene rings is 1. The molecule has 0 radical (unpaired) electrons. The van der Waals surface area contributed by atoms with Crippen LogP contribution in [-0.4, -0.2) is 29.3 Å². The number of hydrogen-bond donors (Lipinski definition) is 2. The number of anilines is 3. The fraction of sp³-hybridized carbons (Fsp3) is 0.333. The van der Waals surface area contributed by atoms with Gasteiger partial charge in [0.05, 0.1) is 12.1 Å². The molecule has 26 heavy (non-hydrogen) atoms. The fourth-order valence-corrected chi connectivity index (χ4v) is 3.48. The molecule has 0 spiro atoms. The number of aromatic nitrogens is 1. The van der Waals surface area contributed by atoms with Crippen molar-refractivity contribution in [3.8, 4) is 0 Å². The minimum atomic E-state index is -0.181. The van der Waals surface area contributed by atoms with Crippen molar-refractivity contribution in [1.29, 1.82) is 0 Å². The highest BCUT2D eigenvalue weighted by molar-refractivity contribution is 7.14. The summed E-state index contributed by atoms with van der Waals surface area (Å²) in [5, 5.41) is 8.03. The van der Waals surface area contributed by atoms with Crippen molar-refractivity contribution in [2.75, 3.05) is 22.1 Å². The zero-order valence-electron chi connectivity index (χ0n) is 14.4. The number of carbonyl (C=O) groups is 3. The van der Waals surface area contributed by atoms with Crippen LogP contribution in [0, 0.1) is 0 Å². The van der Waals surface area contributed by atoms with Crippen LogP contribution in [0.4, 0.5) is 16.5 Å². The summed E-state index contributed by atoms with van der Waals surface area (Å²) in [6.07, 6.45) is 1.97. The van der Waals surface area contributed by atoms with Crippen molar-refractivity contribution in [3.63, 3.8) is 0 Å². The Morgan fingerprint density at radius 1 is 1.15 bits per heavy atom. The molecular formula is C18H20N4O3S. The topological polar surface area (TPSA) is 91.4 Å². The van der Waals surface area contributed by atoms with Crippen molar-refractivity contribution >= 4 is 45.6 Å². The van der Waals surface area contributed by atoms with Crippen LogP contribution >= 0.6 is 11.3 Å². The van der Waals surface area contributed by atoms with Crippen LogP contribution in [0.5, 0.6) is 0 Å². The van der Waals surface area contributed by atoms with Crippen molar-refractivity contribution in [3.05, 3.63) is 35.3 Å². The molecule has 0 bridgehead atoms. The first-order chi connectivity index (χ1) is 12.5. The number of amides is 3. The van der Waals surface area contributed by atoms with E-state index in [2.05, 4.69) is 15.6 Å². The van der Waals surface area contributed by atoms with E-state index in [-0.39, 0.29) is 24.1 Å². The van der Waals surface area contributed by atoms with E-state index in [0.29, 0.717) is 41.6 Å². The van der Waals surface area contributed by atoms with Gasteiger partial charge in [-0.3, -0.25) is 19.3 Å². The lowest BCUT2D eigenvalue weighted by atomic mass is 10.2. The second-order valence-electron chi connectivity index (χ2n) is 5.97. The molecule has 8 heteroatoms. The average Bonchev–Trinajstić information content (AvgIpc) is 3.25. The van der Waals surface area contributed by atoms with Crippen LogP contribution in [0.25, 0.3) is 0 Å². The first-order valence-electron chi connectivity index (χ1n) is 8.49. The first-order valence-corrected chi connectivity index (χ1v) is 9.37. The van der Waals surface area contributed by atoms with Gasteiger partial charge in [0.15, 0.2) is 5.13 Å². The summed E-state index contributed by atoms with van der Waals surface area (Å²) in [4.78, 5) is 41.4. The highest BCUT2D eigenvalue weighted by atomic mass is 32.1. The quantitative estimate of drug-likeness (QED) is 0.816. The monoisotopic (exact) mass is 372 g/mol. The number of hydrogen-bond acceptors (Lipinski definition) is 5. The van der Waals surface area contributed by atoms with Crippen LogP contribution in [0.15, 0.2) is 29.6 Å². The SMILES string of the molecule is CCC(=O)Nc1ccc(NC(=O)Cc2csc(N3CCCC3=O)n2)cc1. The van der Waals surface area contributed by atoms with Gasteiger partial charge in [-0.25, -0.2) is 4.98 Å². The smallest absolute Gasteiger partial charge is 0.230 e. The Balaban J connectivity index is 1.55. The minimum Gasteiger partial charge on any atom is -0.326 e. The van der Waals surface area contributed by atoms with Gasteiger partial charge in [-0.1, -0.05) is 6.92 Å². The van der Waals surface area contributed by atoms with Gasteiger partial charge in [-0.15, -0.1) is 11.3 Å². The van der Waals surface area contributed by atoms with Gasteiger partial charge in [-0.2, -0.15) is 0 Å². The molecule has 7 nitrogen and oxygen atoms in total. The molecular weight excluding hydrogens is 352 g/mol. The Morgan fingerprint density at radius 3 is 2.38 bits per heavy atom. The summed E-state index contributed by atoms with van der Waals surface area (Å²) < 4.78 is 0. The molecule has 1 fully saturated rings. The second kappa shape index (κ2) is 8.09. The molecule has 3 amide bonds. The number of nitrogens with zero attached hydrogens (tertiary/aromatic N) is 2. The van der Waals surface area contributed by atoms with Crippen LogP contribution in [0.2, 0.25) is 0 Å². The molecule has 0 saturated carbocycles. The maximum absolute atomic E-state index is 12.2. The Labute approximate surface area is 155 Å². The van der Waals surface area contributed by atoms with Crippen molar-refractivity contribution < 1.29 is 14.4 Å². The van der Waals surface area contributed by atoms with Crippen molar-refractivity contribution in [2.24, 2.45) is 0 Å². The summed E-state index contributed by atoms with van der Waals surface area (Å²) in [7, 11) is 0. The lowest BCUT2D eigenvalue weighted by Crippen LogP contribution is -2.23. The maximum atomic E-state index is 12.2. The third kappa shape index (κ3) is 4.45. The van der Waals surface area contributed by atoms with E-state index in [4.69, 9.17) is 0 Å². The highest BCUT2D eigenvalue weighted by Gasteiger charge is 2.24. The Kier molecular flexibility index (Phi) is 5.62. The minimum absolute atomic E-state index is 0.0578. The molecule has 0 aliphatic carbocycles. The van der Waals surface area contributed by atoms with Gasteiger partial charge in [0, 0.05) is 36.1 Å². The summed E-state index contributed by atoms with van der Waals surface area (Å²) in [6, 6.07) is 6.95. The van der Waals surface area contributed by atoms with Crippen LogP contribution in [0.3, 0.4) is 0 Å². The average molecular weight is 372 g/mol. The fourth-order valence-electron chi connectivity index (χ4n) is 2.61. The Morgan fingerprint density at radius 2 is 1.81 bits per heavy atom. The summed E-state index contributed by atoms with van der Waals surface area (Å²) >= 11 is 1.38. The number of rotatable bonds is 6. The van der Waals surface area contributed by atoms with Gasteiger partial charge < -0.3 is 10.6 Å². The number of carbonyl (C=O) groups excluding carboxylic acids is 3. The molecule has 1 saturated heterocycles. The zero-order valence-corrected chi connectivity index (χ0v) is 15.3. The van der Waals surface area contributed by atoms with Crippen LogP contribution < -0.4 is 15.5 Å². The lowest BCUT2D eigenvalue weighted by molar-refractivity contribution is -0.117. The Bertz CT molecular complexity index is 816.